The highest BCUT2D eigenvalue weighted by atomic mass is 32.2. The van der Waals surface area contributed by atoms with Gasteiger partial charge in [0.15, 0.2) is 0 Å². The van der Waals surface area contributed by atoms with Gasteiger partial charge in [-0.2, -0.15) is 0 Å². The summed E-state index contributed by atoms with van der Waals surface area (Å²) in [5.74, 6) is -2.02. The molecule has 1 aromatic carbocycles. The quantitative estimate of drug-likeness (QED) is 0.475. The van der Waals surface area contributed by atoms with Crippen molar-refractivity contribution in [3.05, 3.63) is 42.0 Å². The molecule has 1 saturated carbocycles. The number of carbonyl (C=O) groups excluding carboxylic acids is 2. The number of carbonyl (C=O) groups is 2. The van der Waals surface area contributed by atoms with Crippen LogP contribution in [0.15, 0.2) is 46.9 Å². The Kier molecular flexibility index (Phi) is 2.55. The number of ether oxygens (including phenoxy) is 1. The van der Waals surface area contributed by atoms with Gasteiger partial charge in [-0.15, -0.1) is 0 Å². The highest BCUT2D eigenvalue weighted by Crippen LogP contribution is 2.60. The molecule has 1 heterocycles. The van der Waals surface area contributed by atoms with Crippen LogP contribution < -0.4 is 0 Å². The van der Waals surface area contributed by atoms with Crippen LogP contribution in [0.3, 0.4) is 0 Å². The van der Waals surface area contributed by atoms with Gasteiger partial charge in [0.05, 0.1) is 27.4 Å². The van der Waals surface area contributed by atoms with E-state index >= 15 is 0 Å². The fraction of sp³-hybridized carbons (Fsp3) is 0.375. The molecule has 1 aromatic rings. The Morgan fingerprint density at radius 3 is 2.62 bits per heavy atom. The van der Waals surface area contributed by atoms with Crippen molar-refractivity contribution in [2.45, 2.75) is 23.0 Å². The molecule has 3 aliphatic rings. The van der Waals surface area contributed by atoms with Crippen molar-refractivity contribution in [2.75, 3.05) is 0 Å². The molecular formula is C16H14O4S. The molecule has 0 aromatic heterocycles. The summed E-state index contributed by atoms with van der Waals surface area (Å²) in [6.45, 7) is 1.95. The summed E-state index contributed by atoms with van der Waals surface area (Å²) in [6.07, 6.45) is 2.54. The number of rotatable bonds is 2. The van der Waals surface area contributed by atoms with Crippen LogP contribution in [0.4, 0.5) is 0 Å². The maximum atomic E-state index is 13.1. The second-order valence-corrected chi connectivity index (χ2v) is 7.75. The molecule has 2 aliphatic carbocycles. The first-order valence-electron chi connectivity index (χ1n) is 6.96. The summed E-state index contributed by atoms with van der Waals surface area (Å²) < 4.78 is 17.1. The van der Waals surface area contributed by atoms with Crippen LogP contribution in [-0.2, 0) is 25.1 Å². The van der Waals surface area contributed by atoms with Gasteiger partial charge in [0.25, 0.3) is 0 Å². The molecule has 1 unspecified atom stereocenters. The average Bonchev–Trinajstić information content (AvgIpc) is 3.09. The Labute approximate surface area is 124 Å². The highest BCUT2D eigenvalue weighted by molar-refractivity contribution is 7.86. The lowest BCUT2D eigenvalue weighted by Gasteiger charge is -2.29. The molecule has 1 saturated heterocycles. The fourth-order valence-corrected chi connectivity index (χ4v) is 6.04. The summed E-state index contributed by atoms with van der Waals surface area (Å²) in [5.41, 5.74) is 1.05. The largest absolute Gasteiger partial charge is 0.393 e. The fourth-order valence-electron chi connectivity index (χ4n) is 4.10. The second kappa shape index (κ2) is 4.13. The molecule has 0 radical (unpaired) electrons. The van der Waals surface area contributed by atoms with Gasteiger partial charge in [-0.05, 0) is 31.4 Å². The lowest BCUT2D eigenvalue weighted by atomic mass is 9.81. The third-order valence-corrected chi connectivity index (χ3v) is 6.87. The molecule has 0 N–H and O–H groups in total. The molecule has 0 spiro atoms. The smallest absolute Gasteiger partial charge is 0.319 e. The molecule has 108 valence electrons. The van der Waals surface area contributed by atoms with Crippen LogP contribution >= 0.6 is 0 Å². The molecule has 2 fully saturated rings. The van der Waals surface area contributed by atoms with Crippen LogP contribution in [0.25, 0.3) is 0 Å². The van der Waals surface area contributed by atoms with E-state index in [4.69, 9.17) is 4.74 Å². The zero-order valence-electron chi connectivity index (χ0n) is 11.4. The van der Waals surface area contributed by atoms with Crippen molar-refractivity contribution in [1.82, 2.24) is 0 Å². The summed E-state index contributed by atoms with van der Waals surface area (Å²) in [7, 11) is -1.37. The van der Waals surface area contributed by atoms with Crippen molar-refractivity contribution < 1.29 is 18.5 Å². The van der Waals surface area contributed by atoms with Crippen molar-refractivity contribution in [3.63, 3.8) is 0 Å². The number of benzene rings is 1. The van der Waals surface area contributed by atoms with Gasteiger partial charge in [0.2, 0.25) is 0 Å². The van der Waals surface area contributed by atoms with Gasteiger partial charge in [0.1, 0.15) is 0 Å². The third-order valence-electron chi connectivity index (χ3n) is 4.94. The summed E-state index contributed by atoms with van der Waals surface area (Å²) in [5, 5.41) is 0. The van der Waals surface area contributed by atoms with E-state index < -0.39 is 39.3 Å². The molecule has 5 atom stereocenters. The third kappa shape index (κ3) is 1.52. The van der Waals surface area contributed by atoms with Crippen LogP contribution in [0, 0.1) is 17.8 Å². The normalized spacial score (nSPS) is 38.1. The van der Waals surface area contributed by atoms with Gasteiger partial charge in [-0.25, -0.2) is 0 Å². The van der Waals surface area contributed by atoms with E-state index in [1.807, 2.05) is 31.2 Å². The van der Waals surface area contributed by atoms with E-state index in [0.717, 1.165) is 5.57 Å². The van der Waals surface area contributed by atoms with E-state index in [0.29, 0.717) is 11.3 Å². The molecular weight excluding hydrogens is 288 g/mol. The number of fused-ring (bicyclic) bond motifs is 5. The van der Waals surface area contributed by atoms with E-state index in [-0.39, 0.29) is 5.92 Å². The van der Waals surface area contributed by atoms with Crippen LogP contribution in [0.2, 0.25) is 0 Å². The molecule has 5 heteroatoms. The van der Waals surface area contributed by atoms with Crippen molar-refractivity contribution in [3.8, 4) is 0 Å². The molecule has 21 heavy (non-hydrogen) atoms. The number of cyclic esters (lactones) is 2. The Morgan fingerprint density at radius 2 is 1.90 bits per heavy atom. The van der Waals surface area contributed by atoms with E-state index in [1.165, 1.54) is 0 Å². The first kappa shape index (κ1) is 13.0. The average molecular weight is 302 g/mol. The van der Waals surface area contributed by atoms with Crippen LogP contribution in [-0.4, -0.2) is 20.9 Å². The molecule has 1 aliphatic heterocycles. The number of hydrogen-bond acceptors (Lipinski definition) is 4. The van der Waals surface area contributed by atoms with Crippen LogP contribution in [0.5, 0.6) is 0 Å². The maximum absolute atomic E-state index is 13.1. The first-order valence-corrected chi connectivity index (χ1v) is 8.11. The lowest BCUT2D eigenvalue weighted by molar-refractivity contribution is -0.154. The number of allylic oxidation sites excluding steroid dienone is 1. The second-order valence-electron chi connectivity index (χ2n) is 5.98. The van der Waals surface area contributed by atoms with Gasteiger partial charge >= 0.3 is 11.9 Å². The minimum atomic E-state index is -1.37. The van der Waals surface area contributed by atoms with Crippen molar-refractivity contribution >= 4 is 22.7 Å². The Bertz CT molecular complexity index is 708. The monoisotopic (exact) mass is 302 g/mol. The zero-order chi connectivity index (χ0) is 14.8. The van der Waals surface area contributed by atoms with E-state index in [1.54, 1.807) is 12.1 Å². The Hall–Kier alpha value is -1.75. The number of esters is 2. The highest BCUT2D eigenvalue weighted by Gasteiger charge is 2.69. The minimum Gasteiger partial charge on any atom is -0.393 e. The minimum absolute atomic E-state index is 0.0124. The maximum Gasteiger partial charge on any atom is 0.319 e. The van der Waals surface area contributed by atoms with Crippen molar-refractivity contribution in [2.24, 2.45) is 17.8 Å². The molecule has 4 nitrogen and oxygen atoms in total. The Balaban J connectivity index is 1.85. The van der Waals surface area contributed by atoms with Crippen LogP contribution in [0.1, 0.15) is 13.3 Å². The van der Waals surface area contributed by atoms with Gasteiger partial charge in [0, 0.05) is 4.90 Å². The molecule has 2 bridgehead atoms. The molecule has 0 amide bonds. The van der Waals surface area contributed by atoms with E-state index in [2.05, 4.69) is 0 Å². The van der Waals surface area contributed by atoms with Gasteiger partial charge in [-0.1, -0.05) is 29.8 Å². The summed E-state index contributed by atoms with van der Waals surface area (Å²) >= 11 is 0. The van der Waals surface area contributed by atoms with Crippen molar-refractivity contribution in [1.29, 1.82) is 0 Å². The Morgan fingerprint density at radius 1 is 1.19 bits per heavy atom. The predicted octanol–water partition coefficient (Wildman–Crippen LogP) is 1.83. The predicted molar refractivity (Wildman–Crippen MR) is 75.5 cm³/mol. The zero-order valence-corrected chi connectivity index (χ0v) is 12.3. The lowest BCUT2D eigenvalue weighted by Crippen LogP contribution is -2.41. The van der Waals surface area contributed by atoms with Gasteiger partial charge in [-0.3, -0.25) is 13.8 Å². The molecule has 4 rings (SSSR count). The summed E-state index contributed by atoms with van der Waals surface area (Å²) in [6, 6.07) is 9.13. The first-order chi connectivity index (χ1) is 10.0. The van der Waals surface area contributed by atoms with Gasteiger partial charge < -0.3 is 4.74 Å². The summed E-state index contributed by atoms with van der Waals surface area (Å²) in [4.78, 5) is 24.7. The topological polar surface area (TPSA) is 60.4 Å². The SMILES string of the molecule is CC1=C[C@@]2(S(=O)c3ccccc3)C[C@@H]1[C@H]1C(=O)OC(=O)[C@H]12. The number of hydrogen-bond donors (Lipinski definition) is 0. The standard InChI is InChI=1S/C16H14O4S/c1-9-7-16(21(19)10-5-3-2-4-6-10)8-11(9)12-13(16)15(18)20-14(12)17/h2-7,11-13H,8H2,1H3/t11-,12+,13-,16+,21?/m0/s1. The van der Waals surface area contributed by atoms with E-state index in [9.17, 15) is 13.8 Å².